The molecule has 2 heterocycles. The SMILES string of the molecule is CC1OCCC1N(C)C(=O)c1ccc(/C=C/C(=O)O)s1. The highest BCUT2D eigenvalue weighted by Crippen LogP contribution is 2.24. The second kappa shape index (κ2) is 6.19. The maximum Gasteiger partial charge on any atom is 0.328 e. The van der Waals surface area contributed by atoms with E-state index in [9.17, 15) is 9.59 Å². The van der Waals surface area contributed by atoms with E-state index in [1.54, 1.807) is 24.1 Å². The van der Waals surface area contributed by atoms with Gasteiger partial charge in [-0.15, -0.1) is 11.3 Å². The molecule has 1 N–H and O–H groups in total. The Hall–Kier alpha value is -1.66. The molecule has 6 heteroatoms. The molecule has 2 rings (SSSR count). The maximum atomic E-state index is 12.4. The normalized spacial score (nSPS) is 22.3. The van der Waals surface area contributed by atoms with Crippen molar-refractivity contribution < 1.29 is 19.4 Å². The van der Waals surface area contributed by atoms with Crippen molar-refractivity contribution >= 4 is 29.3 Å². The number of nitrogens with zero attached hydrogens (tertiary/aromatic N) is 1. The van der Waals surface area contributed by atoms with Crippen LogP contribution in [0.5, 0.6) is 0 Å². The van der Waals surface area contributed by atoms with Gasteiger partial charge >= 0.3 is 5.97 Å². The summed E-state index contributed by atoms with van der Waals surface area (Å²) < 4.78 is 5.48. The number of thiophene rings is 1. The zero-order chi connectivity index (χ0) is 14.7. The molecule has 0 bridgehead atoms. The third-order valence-corrected chi connectivity index (χ3v) is 4.42. The fourth-order valence-electron chi connectivity index (χ4n) is 2.26. The van der Waals surface area contributed by atoms with Crippen molar-refractivity contribution in [1.29, 1.82) is 0 Å². The van der Waals surface area contributed by atoms with Gasteiger partial charge in [0.25, 0.3) is 5.91 Å². The lowest BCUT2D eigenvalue weighted by Crippen LogP contribution is -2.40. The monoisotopic (exact) mass is 295 g/mol. The van der Waals surface area contributed by atoms with Gasteiger partial charge in [-0.25, -0.2) is 4.79 Å². The summed E-state index contributed by atoms with van der Waals surface area (Å²) in [4.78, 5) is 25.9. The van der Waals surface area contributed by atoms with Crippen molar-refractivity contribution in [2.24, 2.45) is 0 Å². The van der Waals surface area contributed by atoms with Crippen molar-refractivity contribution in [1.82, 2.24) is 4.90 Å². The lowest BCUT2D eigenvalue weighted by atomic mass is 10.1. The minimum atomic E-state index is -1.000. The van der Waals surface area contributed by atoms with Crippen LogP contribution in [-0.2, 0) is 9.53 Å². The molecular weight excluding hydrogens is 278 g/mol. The van der Waals surface area contributed by atoms with Crippen LogP contribution in [0.1, 0.15) is 27.9 Å². The first kappa shape index (κ1) is 14.7. The third-order valence-electron chi connectivity index (χ3n) is 3.38. The number of carboxylic acid groups (broad SMARTS) is 1. The van der Waals surface area contributed by atoms with E-state index in [0.29, 0.717) is 11.5 Å². The molecular formula is C14H17NO4S. The number of hydrogen-bond acceptors (Lipinski definition) is 4. The minimum Gasteiger partial charge on any atom is -0.478 e. The van der Waals surface area contributed by atoms with Crippen molar-refractivity contribution in [2.45, 2.75) is 25.5 Å². The van der Waals surface area contributed by atoms with Gasteiger partial charge in [0.2, 0.25) is 0 Å². The molecule has 1 aromatic heterocycles. The summed E-state index contributed by atoms with van der Waals surface area (Å²) in [5.41, 5.74) is 0. The third kappa shape index (κ3) is 3.26. The van der Waals surface area contributed by atoms with Crippen molar-refractivity contribution in [3.05, 3.63) is 28.0 Å². The van der Waals surface area contributed by atoms with E-state index in [1.165, 1.54) is 17.4 Å². The van der Waals surface area contributed by atoms with Crippen LogP contribution in [0.2, 0.25) is 0 Å². The predicted molar refractivity (Wildman–Crippen MR) is 76.9 cm³/mol. The van der Waals surface area contributed by atoms with Crippen LogP contribution < -0.4 is 0 Å². The zero-order valence-corrected chi connectivity index (χ0v) is 12.2. The average molecular weight is 295 g/mol. The van der Waals surface area contributed by atoms with Crippen LogP contribution in [-0.4, -0.2) is 47.7 Å². The summed E-state index contributed by atoms with van der Waals surface area (Å²) in [7, 11) is 1.78. The Balaban J connectivity index is 2.07. The van der Waals surface area contributed by atoms with Crippen molar-refractivity contribution in [3.8, 4) is 0 Å². The Labute approximate surface area is 121 Å². The van der Waals surface area contributed by atoms with E-state index in [-0.39, 0.29) is 18.1 Å². The molecule has 1 fully saturated rings. The highest BCUT2D eigenvalue weighted by molar-refractivity contribution is 7.14. The molecule has 1 aromatic rings. The van der Waals surface area contributed by atoms with Gasteiger partial charge in [-0.3, -0.25) is 4.79 Å². The van der Waals surface area contributed by atoms with Gasteiger partial charge in [-0.05, 0) is 31.6 Å². The van der Waals surface area contributed by atoms with E-state index in [4.69, 9.17) is 9.84 Å². The lowest BCUT2D eigenvalue weighted by molar-refractivity contribution is -0.131. The number of likely N-dealkylation sites (N-methyl/N-ethyl adjacent to an activating group) is 1. The predicted octanol–water partition coefficient (Wildman–Crippen LogP) is 2.10. The molecule has 1 amide bonds. The molecule has 2 atom stereocenters. The Morgan fingerprint density at radius 2 is 2.25 bits per heavy atom. The van der Waals surface area contributed by atoms with Crippen LogP contribution in [0, 0.1) is 0 Å². The van der Waals surface area contributed by atoms with Gasteiger partial charge in [0.1, 0.15) is 0 Å². The fourth-order valence-corrected chi connectivity index (χ4v) is 3.16. The van der Waals surface area contributed by atoms with Gasteiger partial charge < -0.3 is 14.7 Å². The van der Waals surface area contributed by atoms with Gasteiger partial charge in [-0.1, -0.05) is 0 Å². The van der Waals surface area contributed by atoms with Gasteiger partial charge in [0.05, 0.1) is 17.0 Å². The number of carboxylic acids is 1. The molecule has 1 saturated heterocycles. The molecule has 0 saturated carbocycles. The van der Waals surface area contributed by atoms with E-state index in [0.717, 1.165) is 17.4 Å². The first-order valence-electron chi connectivity index (χ1n) is 6.38. The molecule has 0 aromatic carbocycles. The molecule has 1 aliphatic rings. The molecule has 20 heavy (non-hydrogen) atoms. The van der Waals surface area contributed by atoms with E-state index < -0.39 is 5.97 Å². The summed E-state index contributed by atoms with van der Waals surface area (Å²) >= 11 is 1.29. The maximum absolute atomic E-state index is 12.4. The van der Waals surface area contributed by atoms with Crippen LogP contribution >= 0.6 is 11.3 Å². The Morgan fingerprint density at radius 3 is 2.85 bits per heavy atom. The van der Waals surface area contributed by atoms with Gasteiger partial charge in [-0.2, -0.15) is 0 Å². The Bertz CT molecular complexity index is 537. The highest BCUT2D eigenvalue weighted by atomic mass is 32.1. The lowest BCUT2D eigenvalue weighted by Gasteiger charge is -2.26. The van der Waals surface area contributed by atoms with Crippen LogP contribution in [0.25, 0.3) is 6.08 Å². The molecule has 0 radical (unpaired) electrons. The zero-order valence-electron chi connectivity index (χ0n) is 11.4. The number of rotatable bonds is 4. The van der Waals surface area contributed by atoms with E-state index >= 15 is 0 Å². The number of carbonyl (C=O) groups excluding carboxylic acids is 1. The van der Waals surface area contributed by atoms with Crippen LogP contribution in [0.3, 0.4) is 0 Å². The minimum absolute atomic E-state index is 0.0488. The number of aliphatic carboxylic acids is 1. The number of carbonyl (C=O) groups is 2. The second-order valence-corrected chi connectivity index (χ2v) is 5.84. The number of amides is 1. The summed E-state index contributed by atoms with van der Waals surface area (Å²) in [5.74, 6) is -1.05. The summed E-state index contributed by atoms with van der Waals surface area (Å²) in [6, 6.07) is 3.58. The first-order valence-corrected chi connectivity index (χ1v) is 7.20. The Morgan fingerprint density at radius 1 is 1.50 bits per heavy atom. The fraction of sp³-hybridized carbons (Fsp3) is 0.429. The molecule has 5 nitrogen and oxygen atoms in total. The van der Waals surface area contributed by atoms with Crippen LogP contribution in [0.15, 0.2) is 18.2 Å². The van der Waals surface area contributed by atoms with E-state index in [2.05, 4.69) is 0 Å². The first-order chi connectivity index (χ1) is 9.49. The smallest absolute Gasteiger partial charge is 0.328 e. The molecule has 0 aliphatic carbocycles. The van der Waals surface area contributed by atoms with Crippen molar-refractivity contribution in [2.75, 3.05) is 13.7 Å². The van der Waals surface area contributed by atoms with Gasteiger partial charge in [0, 0.05) is 24.6 Å². The molecule has 108 valence electrons. The summed E-state index contributed by atoms with van der Waals surface area (Å²) in [5, 5.41) is 8.58. The molecule has 0 spiro atoms. The largest absolute Gasteiger partial charge is 0.478 e. The van der Waals surface area contributed by atoms with Gasteiger partial charge in [0.15, 0.2) is 0 Å². The second-order valence-electron chi connectivity index (χ2n) is 4.72. The summed E-state index contributed by atoms with van der Waals surface area (Å²) in [6.07, 6.45) is 3.46. The van der Waals surface area contributed by atoms with Crippen LogP contribution in [0.4, 0.5) is 0 Å². The quantitative estimate of drug-likeness (QED) is 0.864. The highest BCUT2D eigenvalue weighted by Gasteiger charge is 2.31. The number of ether oxygens (including phenoxy) is 1. The van der Waals surface area contributed by atoms with Crippen molar-refractivity contribution in [3.63, 3.8) is 0 Å². The van der Waals surface area contributed by atoms with E-state index in [1.807, 2.05) is 6.92 Å². The number of hydrogen-bond donors (Lipinski definition) is 1. The standard InChI is InChI=1S/C14H17NO4S/c1-9-11(7-8-19-9)15(2)14(18)12-5-3-10(20-12)4-6-13(16)17/h3-6,9,11H,7-8H2,1-2H3,(H,16,17)/b6-4+. The average Bonchev–Trinajstić information content (AvgIpc) is 3.03. The Kier molecular flexibility index (Phi) is 4.57. The molecule has 2 unspecified atom stereocenters. The summed E-state index contributed by atoms with van der Waals surface area (Å²) in [6.45, 7) is 2.65. The molecule has 1 aliphatic heterocycles. The topological polar surface area (TPSA) is 66.8 Å².